The lowest BCUT2D eigenvalue weighted by Crippen LogP contribution is -2.55. The predicted octanol–water partition coefficient (Wildman–Crippen LogP) is 3.18. The number of likely N-dealkylation sites (tertiary alicyclic amines) is 1. The van der Waals surface area contributed by atoms with E-state index in [1.807, 2.05) is 0 Å². The first kappa shape index (κ1) is 17.6. The highest BCUT2D eigenvalue weighted by molar-refractivity contribution is 5.80. The molecule has 1 aliphatic heterocycles. The molecule has 0 aromatic carbocycles. The Hall–Kier alpha value is -1.47. The highest BCUT2D eigenvalue weighted by Gasteiger charge is 2.44. The minimum Gasteiger partial charge on any atom is -0.480 e. The molecule has 1 heterocycles. The lowest BCUT2D eigenvalue weighted by molar-refractivity contribution is -0.160. The molecule has 1 N–H and O–H groups in total. The van der Waals surface area contributed by atoms with Gasteiger partial charge in [-0.25, -0.2) is 9.59 Å². The van der Waals surface area contributed by atoms with Gasteiger partial charge in [-0.3, -0.25) is 4.90 Å². The summed E-state index contributed by atoms with van der Waals surface area (Å²) in [5.41, 5.74) is -0.902. The fourth-order valence-electron chi connectivity index (χ4n) is 2.38. The van der Waals surface area contributed by atoms with Crippen molar-refractivity contribution in [3.05, 3.63) is 0 Å². The highest BCUT2D eigenvalue weighted by Crippen LogP contribution is 2.33. The average molecular weight is 311 g/mol. The number of carbonyl (C=O) groups is 2. The van der Waals surface area contributed by atoms with Crippen LogP contribution in [0, 0.1) is 0 Å². The number of nitrogens with zero attached hydrogens (tertiary/aromatic N) is 1. The molecule has 21 heavy (non-hydrogen) atoms. The van der Waals surface area contributed by atoms with Crippen LogP contribution in [0.2, 0.25) is 0 Å². The molecule has 1 amide bonds. The highest BCUT2D eigenvalue weighted by atomic mass is 19.4. The summed E-state index contributed by atoms with van der Waals surface area (Å²) >= 11 is 0. The number of hydrogen-bond acceptors (Lipinski definition) is 3. The summed E-state index contributed by atoms with van der Waals surface area (Å²) in [6, 6.07) is -2.48. The van der Waals surface area contributed by atoms with E-state index in [9.17, 15) is 22.8 Å². The lowest BCUT2D eigenvalue weighted by Gasteiger charge is -2.40. The van der Waals surface area contributed by atoms with Crippen molar-refractivity contribution >= 4 is 12.1 Å². The summed E-state index contributed by atoms with van der Waals surface area (Å²) in [6.07, 6.45) is -6.13. The summed E-state index contributed by atoms with van der Waals surface area (Å²) in [5.74, 6) is -1.31. The zero-order chi connectivity index (χ0) is 16.4. The van der Waals surface area contributed by atoms with E-state index >= 15 is 0 Å². The molecule has 122 valence electrons. The number of carboxylic acids is 1. The minimum absolute atomic E-state index is 0.114. The van der Waals surface area contributed by atoms with Crippen molar-refractivity contribution in [2.24, 2.45) is 0 Å². The van der Waals surface area contributed by atoms with Crippen molar-refractivity contribution in [1.29, 1.82) is 0 Å². The first-order chi connectivity index (χ1) is 9.41. The Kier molecular flexibility index (Phi) is 5.11. The van der Waals surface area contributed by atoms with Gasteiger partial charge in [0.15, 0.2) is 0 Å². The lowest BCUT2D eigenvalue weighted by atomic mass is 9.94. The quantitative estimate of drug-likeness (QED) is 0.850. The number of amides is 1. The van der Waals surface area contributed by atoms with E-state index < -0.39 is 42.3 Å². The topological polar surface area (TPSA) is 66.8 Å². The fourth-order valence-corrected chi connectivity index (χ4v) is 2.38. The van der Waals surface area contributed by atoms with Crippen LogP contribution in [0.4, 0.5) is 18.0 Å². The number of rotatable bonds is 2. The van der Waals surface area contributed by atoms with Crippen LogP contribution in [0.15, 0.2) is 0 Å². The molecule has 1 aliphatic rings. The van der Waals surface area contributed by atoms with E-state index in [-0.39, 0.29) is 12.8 Å². The fraction of sp³-hybridized carbons (Fsp3) is 0.846. The number of aliphatic carboxylic acids is 1. The van der Waals surface area contributed by atoms with Gasteiger partial charge in [-0.1, -0.05) is 0 Å². The van der Waals surface area contributed by atoms with Gasteiger partial charge in [0, 0.05) is 6.04 Å². The van der Waals surface area contributed by atoms with Gasteiger partial charge in [-0.05, 0) is 40.0 Å². The van der Waals surface area contributed by atoms with E-state index in [0.29, 0.717) is 6.42 Å². The third-order valence-corrected chi connectivity index (χ3v) is 3.10. The Labute approximate surface area is 121 Å². The zero-order valence-electron chi connectivity index (χ0n) is 12.2. The molecule has 2 atom stereocenters. The second-order valence-corrected chi connectivity index (χ2v) is 6.15. The standard InChI is InChI=1S/C13H20F3NO4/c1-12(2,3)21-11(20)17-8(7-13(14,15)16)5-4-6-9(17)10(18)19/h8-9H,4-7H2,1-3H3,(H,18,19). The number of halogens is 3. The van der Waals surface area contributed by atoms with Crippen LogP contribution in [0.1, 0.15) is 46.5 Å². The second kappa shape index (κ2) is 6.11. The molecule has 2 unspecified atom stereocenters. The van der Waals surface area contributed by atoms with Crippen LogP contribution in [-0.4, -0.2) is 45.9 Å². The Morgan fingerprint density at radius 1 is 1.24 bits per heavy atom. The van der Waals surface area contributed by atoms with Gasteiger partial charge >= 0.3 is 18.2 Å². The van der Waals surface area contributed by atoms with Crippen molar-refractivity contribution in [3.8, 4) is 0 Å². The molecular weight excluding hydrogens is 291 g/mol. The molecule has 0 saturated carbocycles. The van der Waals surface area contributed by atoms with Crippen LogP contribution in [0.3, 0.4) is 0 Å². The van der Waals surface area contributed by atoms with Crippen molar-refractivity contribution in [1.82, 2.24) is 4.90 Å². The second-order valence-electron chi connectivity index (χ2n) is 6.15. The summed E-state index contributed by atoms with van der Waals surface area (Å²) in [4.78, 5) is 24.1. The normalized spacial score (nSPS) is 23.8. The van der Waals surface area contributed by atoms with Gasteiger partial charge in [0.2, 0.25) is 0 Å². The molecule has 5 nitrogen and oxygen atoms in total. The van der Waals surface area contributed by atoms with E-state index in [4.69, 9.17) is 9.84 Å². The minimum atomic E-state index is -4.47. The SMILES string of the molecule is CC(C)(C)OC(=O)N1C(CC(F)(F)F)CCCC1C(=O)O. The van der Waals surface area contributed by atoms with Gasteiger partial charge in [-0.2, -0.15) is 13.2 Å². The monoisotopic (exact) mass is 311 g/mol. The Bertz CT molecular complexity index is 403. The van der Waals surface area contributed by atoms with E-state index in [0.717, 1.165) is 4.90 Å². The van der Waals surface area contributed by atoms with Crippen LogP contribution >= 0.6 is 0 Å². The molecule has 0 spiro atoms. The third kappa shape index (κ3) is 5.43. The van der Waals surface area contributed by atoms with Crippen molar-refractivity contribution in [2.45, 2.75) is 70.3 Å². The summed E-state index contributed by atoms with van der Waals surface area (Å²) in [6.45, 7) is 4.72. The van der Waals surface area contributed by atoms with E-state index in [1.165, 1.54) is 0 Å². The van der Waals surface area contributed by atoms with Crippen molar-refractivity contribution in [3.63, 3.8) is 0 Å². The van der Waals surface area contributed by atoms with Gasteiger partial charge in [-0.15, -0.1) is 0 Å². The van der Waals surface area contributed by atoms with Crippen LogP contribution in [0.5, 0.6) is 0 Å². The van der Waals surface area contributed by atoms with E-state index in [1.54, 1.807) is 20.8 Å². The maximum atomic E-state index is 12.6. The Morgan fingerprint density at radius 2 is 1.81 bits per heavy atom. The molecule has 1 fully saturated rings. The smallest absolute Gasteiger partial charge is 0.411 e. The van der Waals surface area contributed by atoms with Gasteiger partial charge < -0.3 is 9.84 Å². The van der Waals surface area contributed by atoms with Crippen LogP contribution < -0.4 is 0 Å². The number of hydrogen-bond donors (Lipinski definition) is 1. The molecule has 1 saturated heterocycles. The maximum Gasteiger partial charge on any atom is 0.411 e. The first-order valence-electron chi connectivity index (χ1n) is 6.71. The number of ether oxygens (including phenoxy) is 1. The maximum absolute atomic E-state index is 12.6. The molecule has 0 bridgehead atoms. The first-order valence-corrected chi connectivity index (χ1v) is 6.71. The number of carboxylic acid groups (broad SMARTS) is 1. The predicted molar refractivity (Wildman–Crippen MR) is 67.8 cm³/mol. The van der Waals surface area contributed by atoms with Crippen molar-refractivity contribution < 1.29 is 32.6 Å². The molecule has 1 rings (SSSR count). The molecule has 0 aromatic heterocycles. The molecule has 0 aliphatic carbocycles. The van der Waals surface area contributed by atoms with E-state index in [2.05, 4.69) is 0 Å². The van der Waals surface area contributed by atoms with Gasteiger partial charge in [0.1, 0.15) is 11.6 Å². The third-order valence-electron chi connectivity index (χ3n) is 3.10. The number of alkyl halides is 3. The zero-order valence-corrected chi connectivity index (χ0v) is 12.2. The molecule has 8 heteroatoms. The number of carbonyl (C=O) groups excluding carboxylic acids is 1. The molecule has 0 radical (unpaired) electrons. The summed E-state index contributed by atoms with van der Waals surface area (Å²) < 4.78 is 42.9. The molecular formula is C13H20F3NO4. The summed E-state index contributed by atoms with van der Waals surface area (Å²) in [7, 11) is 0. The van der Waals surface area contributed by atoms with Gasteiger partial charge in [0.05, 0.1) is 6.42 Å². The van der Waals surface area contributed by atoms with Crippen LogP contribution in [0.25, 0.3) is 0 Å². The largest absolute Gasteiger partial charge is 0.480 e. The average Bonchev–Trinajstić information content (AvgIpc) is 2.23. The molecule has 0 aromatic rings. The van der Waals surface area contributed by atoms with Gasteiger partial charge in [0.25, 0.3) is 0 Å². The van der Waals surface area contributed by atoms with Crippen LogP contribution in [-0.2, 0) is 9.53 Å². The number of piperidine rings is 1. The Morgan fingerprint density at radius 3 is 2.24 bits per heavy atom. The Balaban J connectivity index is 2.99. The van der Waals surface area contributed by atoms with Crippen molar-refractivity contribution in [2.75, 3.05) is 0 Å². The summed E-state index contributed by atoms with van der Waals surface area (Å²) in [5, 5.41) is 9.14.